The SMILES string of the molecule is COC(=O)C1(C2=CCNCC2)CCC1. The van der Waals surface area contributed by atoms with Crippen LogP contribution in [-0.4, -0.2) is 26.2 Å². The zero-order valence-corrected chi connectivity index (χ0v) is 8.64. The second-order valence-electron chi connectivity index (χ2n) is 4.11. The van der Waals surface area contributed by atoms with E-state index in [1.165, 1.54) is 12.7 Å². The fraction of sp³-hybridized carbons (Fsp3) is 0.727. The predicted octanol–water partition coefficient (Wildman–Crippen LogP) is 1.25. The van der Waals surface area contributed by atoms with Gasteiger partial charge in [-0.15, -0.1) is 0 Å². The van der Waals surface area contributed by atoms with E-state index in [-0.39, 0.29) is 11.4 Å². The van der Waals surface area contributed by atoms with E-state index in [4.69, 9.17) is 4.74 Å². The van der Waals surface area contributed by atoms with Crippen LogP contribution in [0, 0.1) is 5.41 Å². The van der Waals surface area contributed by atoms with Gasteiger partial charge in [0.15, 0.2) is 0 Å². The molecule has 1 fully saturated rings. The van der Waals surface area contributed by atoms with Gasteiger partial charge in [0, 0.05) is 6.54 Å². The highest BCUT2D eigenvalue weighted by molar-refractivity contribution is 5.81. The zero-order valence-electron chi connectivity index (χ0n) is 8.64. The Kier molecular flexibility index (Phi) is 2.59. The summed E-state index contributed by atoms with van der Waals surface area (Å²) in [6.45, 7) is 1.89. The minimum absolute atomic E-state index is 0.0306. The first kappa shape index (κ1) is 9.71. The topological polar surface area (TPSA) is 38.3 Å². The summed E-state index contributed by atoms with van der Waals surface area (Å²) < 4.78 is 4.91. The van der Waals surface area contributed by atoms with Gasteiger partial charge in [0.05, 0.1) is 12.5 Å². The summed E-state index contributed by atoms with van der Waals surface area (Å²) in [5, 5.41) is 3.26. The molecule has 0 bridgehead atoms. The summed E-state index contributed by atoms with van der Waals surface area (Å²) in [5.74, 6) is -0.0306. The first-order valence-corrected chi connectivity index (χ1v) is 5.28. The highest BCUT2D eigenvalue weighted by atomic mass is 16.5. The average molecular weight is 195 g/mol. The highest BCUT2D eigenvalue weighted by Gasteiger charge is 2.47. The number of esters is 1. The van der Waals surface area contributed by atoms with E-state index in [1.807, 2.05) is 0 Å². The molecule has 2 rings (SSSR count). The van der Waals surface area contributed by atoms with Crippen molar-refractivity contribution in [2.24, 2.45) is 5.41 Å². The lowest BCUT2D eigenvalue weighted by atomic mass is 9.62. The lowest BCUT2D eigenvalue weighted by molar-refractivity contribution is -0.155. The molecular formula is C11H17NO2. The molecule has 0 radical (unpaired) electrons. The van der Waals surface area contributed by atoms with Gasteiger partial charge in [-0.05, 0) is 25.8 Å². The molecule has 0 atom stereocenters. The van der Waals surface area contributed by atoms with Crippen LogP contribution >= 0.6 is 0 Å². The first-order chi connectivity index (χ1) is 6.79. The number of carbonyl (C=O) groups is 1. The van der Waals surface area contributed by atoms with Gasteiger partial charge in [0.2, 0.25) is 0 Å². The van der Waals surface area contributed by atoms with Crippen molar-refractivity contribution in [3.05, 3.63) is 11.6 Å². The fourth-order valence-corrected chi connectivity index (χ4v) is 2.44. The summed E-state index contributed by atoms with van der Waals surface area (Å²) in [6.07, 6.45) is 6.27. The number of ether oxygens (including phenoxy) is 1. The second-order valence-corrected chi connectivity index (χ2v) is 4.11. The second kappa shape index (κ2) is 3.73. The molecule has 1 aliphatic carbocycles. The molecule has 0 aromatic carbocycles. The van der Waals surface area contributed by atoms with Gasteiger partial charge in [-0.1, -0.05) is 18.1 Å². The number of rotatable bonds is 2. The molecule has 1 aliphatic heterocycles. The van der Waals surface area contributed by atoms with E-state index in [1.54, 1.807) is 0 Å². The van der Waals surface area contributed by atoms with Gasteiger partial charge in [0.25, 0.3) is 0 Å². The van der Waals surface area contributed by atoms with E-state index < -0.39 is 0 Å². The lowest BCUT2D eigenvalue weighted by Gasteiger charge is -2.42. The molecule has 78 valence electrons. The molecule has 0 amide bonds. The molecule has 1 saturated carbocycles. The minimum Gasteiger partial charge on any atom is -0.468 e. The molecule has 3 heteroatoms. The molecule has 1 heterocycles. The van der Waals surface area contributed by atoms with Crippen molar-refractivity contribution in [1.29, 1.82) is 0 Å². The Morgan fingerprint density at radius 1 is 1.57 bits per heavy atom. The largest absolute Gasteiger partial charge is 0.468 e. The van der Waals surface area contributed by atoms with Crippen LogP contribution in [0.2, 0.25) is 0 Å². The van der Waals surface area contributed by atoms with E-state index in [0.717, 1.165) is 38.8 Å². The fourth-order valence-electron chi connectivity index (χ4n) is 2.44. The van der Waals surface area contributed by atoms with Gasteiger partial charge in [-0.2, -0.15) is 0 Å². The van der Waals surface area contributed by atoms with Gasteiger partial charge in [0.1, 0.15) is 0 Å². The molecular weight excluding hydrogens is 178 g/mol. The van der Waals surface area contributed by atoms with Crippen molar-refractivity contribution in [3.63, 3.8) is 0 Å². The van der Waals surface area contributed by atoms with Gasteiger partial charge < -0.3 is 10.1 Å². The quantitative estimate of drug-likeness (QED) is 0.532. The molecule has 0 aromatic heterocycles. The summed E-state index contributed by atoms with van der Waals surface area (Å²) >= 11 is 0. The summed E-state index contributed by atoms with van der Waals surface area (Å²) in [5.41, 5.74) is 1.06. The standard InChI is InChI=1S/C11H17NO2/c1-14-10(13)11(5-2-6-11)9-3-7-12-8-4-9/h3,12H,2,4-8H2,1H3. The lowest BCUT2D eigenvalue weighted by Crippen LogP contribution is -2.43. The molecule has 1 N–H and O–H groups in total. The molecule has 0 saturated heterocycles. The van der Waals surface area contributed by atoms with Crippen LogP contribution in [0.4, 0.5) is 0 Å². The van der Waals surface area contributed by atoms with Crippen LogP contribution in [0.25, 0.3) is 0 Å². The normalized spacial score (nSPS) is 24.8. The van der Waals surface area contributed by atoms with Crippen LogP contribution in [0.1, 0.15) is 25.7 Å². The van der Waals surface area contributed by atoms with Crippen molar-refractivity contribution >= 4 is 5.97 Å². The van der Waals surface area contributed by atoms with Gasteiger partial charge >= 0.3 is 5.97 Å². The zero-order chi connectivity index (χ0) is 10.0. The van der Waals surface area contributed by atoms with E-state index in [2.05, 4.69) is 11.4 Å². The van der Waals surface area contributed by atoms with Crippen LogP contribution in [0.5, 0.6) is 0 Å². The summed E-state index contributed by atoms with van der Waals surface area (Å²) in [4.78, 5) is 11.7. The third-order valence-electron chi connectivity index (χ3n) is 3.46. The average Bonchev–Trinajstić information content (AvgIpc) is 2.17. The number of hydrogen-bond acceptors (Lipinski definition) is 3. The Morgan fingerprint density at radius 3 is 2.79 bits per heavy atom. The predicted molar refractivity (Wildman–Crippen MR) is 53.9 cm³/mol. The van der Waals surface area contributed by atoms with Gasteiger partial charge in [-0.25, -0.2) is 0 Å². The third-order valence-corrected chi connectivity index (χ3v) is 3.46. The summed E-state index contributed by atoms with van der Waals surface area (Å²) in [6, 6.07) is 0. The Balaban J connectivity index is 2.18. The van der Waals surface area contributed by atoms with Crippen LogP contribution in [0.3, 0.4) is 0 Å². The smallest absolute Gasteiger partial charge is 0.315 e. The number of nitrogens with one attached hydrogen (secondary N) is 1. The van der Waals surface area contributed by atoms with E-state index in [9.17, 15) is 4.79 Å². The van der Waals surface area contributed by atoms with Crippen LogP contribution < -0.4 is 5.32 Å². The molecule has 0 spiro atoms. The Bertz CT molecular complexity index is 266. The number of hydrogen-bond donors (Lipinski definition) is 1. The van der Waals surface area contributed by atoms with E-state index in [0.29, 0.717) is 0 Å². The van der Waals surface area contributed by atoms with Crippen molar-refractivity contribution in [3.8, 4) is 0 Å². The monoisotopic (exact) mass is 195 g/mol. The van der Waals surface area contributed by atoms with Crippen molar-refractivity contribution in [2.75, 3.05) is 20.2 Å². The van der Waals surface area contributed by atoms with Crippen molar-refractivity contribution < 1.29 is 9.53 Å². The van der Waals surface area contributed by atoms with Crippen LogP contribution in [-0.2, 0) is 9.53 Å². The molecule has 3 nitrogen and oxygen atoms in total. The number of carbonyl (C=O) groups excluding carboxylic acids is 1. The summed E-state index contributed by atoms with van der Waals surface area (Å²) in [7, 11) is 1.49. The molecule has 0 aromatic rings. The maximum absolute atomic E-state index is 11.7. The van der Waals surface area contributed by atoms with Crippen LogP contribution in [0.15, 0.2) is 11.6 Å². The highest BCUT2D eigenvalue weighted by Crippen LogP contribution is 2.49. The maximum Gasteiger partial charge on any atom is 0.315 e. The maximum atomic E-state index is 11.7. The van der Waals surface area contributed by atoms with E-state index >= 15 is 0 Å². The molecule has 2 aliphatic rings. The number of methoxy groups -OCH3 is 1. The Hall–Kier alpha value is -0.830. The third kappa shape index (κ3) is 1.36. The Labute approximate surface area is 84.5 Å². The molecule has 14 heavy (non-hydrogen) atoms. The minimum atomic E-state index is -0.239. The van der Waals surface area contributed by atoms with Crippen molar-refractivity contribution in [2.45, 2.75) is 25.7 Å². The first-order valence-electron chi connectivity index (χ1n) is 5.28. The molecule has 0 unspecified atom stereocenters. The van der Waals surface area contributed by atoms with Crippen molar-refractivity contribution in [1.82, 2.24) is 5.32 Å². The van der Waals surface area contributed by atoms with Gasteiger partial charge in [-0.3, -0.25) is 4.79 Å². The Morgan fingerprint density at radius 2 is 2.36 bits per heavy atom.